The fourth-order valence-corrected chi connectivity index (χ4v) is 4.74. The molecule has 2 aromatic rings. The van der Waals surface area contributed by atoms with Gasteiger partial charge in [-0.2, -0.15) is 0 Å². The number of rotatable bonds is 7. The molecule has 0 radical (unpaired) electrons. The molecule has 2 aliphatic heterocycles. The highest BCUT2D eigenvalue weighted by Gasteiger charge is 2.40. The first kappa shape index (κ1) is 22.8. The van der Waals surface area contributed by atoms with Crippen LogP contribution in [0.2, 0.25) is 0 Å². The summed E-state index contributed by atoms with van der Waals surface area (Å²) in [5.41, 5.74) is 3.11. The molecule has 0 bridgehead atoms. The lowest BCUT2D eigenvalue weighted by molar-refractivity contribution is -0.125. The summed E-state index contributed by atoms with van der Waals surface area (Å²) in [6, 6.07) is 15.0. The van der Waals surface area contributed by atoms with Crippen molar-refractivity contribution in [3.05, 3.63) is 59.7 Å². The van der Waals surface area contributed by atoms with Gasteiger partial charge in [-0.05, 0) is 56.9 Å². The Morgan fingerprint density at radius 3 is 2.52 bits per heavy atom. The largest absolute Gasteiger partial charge is 0.358 e. The van der Waals surface area contributed by atoms with Crippen molar-refractivity contribution in [1.82, 2.24) is 10.2 Å². The van der Waals surface area contributed by atoms with Gasteiger partial charge in [0.1, 0.15) is 12.6 Å². The van der Waals surface area contributed by atoms with Gasteiger partial charge in [-0.1, -0.05) is 30.3 Å². The molecule has 0 saturated carbocycles. The zero-order chi connectivity index (χ0) is 23.4. The summed E-state index contributed by atoms with van der Waals surface area (Å²) in [5, 5.41) is 2.92. The van der Waals surface area contributed by atoms with Gasteiger partial charge in [0.2, 0.25) is 11.8 Å². The predicted octanol–water partition coefficient (Wildman–Crippen LogP) is 3.19. The average molecular weight is 449 g/mol. The van der Waals surface area contributed by atoms with E-state index in [9.17, 15) is 14.4 Å². The predicted molar refractivity (Wildman–Crippen MR) is 129 cm³/mol. The van der Waals surface area contributed by atoms with Crippen LogP contribution in [0, 0.1) is 0 Å². The number of carbonyl (C=O) groups excluding carboxylic acids is 3. The first-order chi connectivity index (χ1) is 16.0. The van der Waals surface area contributed by atoms with Gasteiger partial charge < -0.3 is 15.1 Å². The van der Waals surface area contributed by atoms with E-state index >= 15 is 0 Å². The number of amides is 3. The average Bonchev–Trinajstić information content (AvgIpc) is 2.86. The zero-order valence-corrected chi connectivity index (χ0v) is 19.4. The van der Waals surface area contributed by atoms with Crippen LogP contribution in [0.15, 0.2) is 48.5 Å². The van der Waals surface area contributed by atoms with Gasteiger partial charge in [0, 0.05) is 31.7 Å². The van der Waals surface area contributed by atoms with Gasteiger partial charge in [0.25, 0.3) is 5.91 Å². The number of anilines is 2. The second-order valence-electron chi connectivity index (χ2n) is 8.57. The fourth-order valence-electron chi connectivity index (χ4n) is 4.74. The number of benzene rings is 2. The lowest BCUT2D eigenvalue weighted by Gasteiger charge is -2.45. The Kier molecular flexibility index (Phi) is 6.96. The van der Waals surface area contributed by atoms with Crippen LogP contribution in [0.4, 0.5) is 11.4 Å². The van der Waals surface area contributed by atoms with Crippen molar-refractivity contribution in [2.24, 2.45) is 0 Å². The van der Waals surface area contributed by atoms with Gasteiger partial charge in [-0.3, -0.25) is 19.3 Å². The van der Waals surface area contributed by atoms with Crippen molar-refractivity contribution < 1.29 is 14.4 Å². The molecular weight excluding hydrogens is 416 g/mol. The SMILES string of the molecule is CCN(CC)C(=O)c1ccc2c(c1)N(CC(=O)NCc1ccccc1)C(=O)[C@H]1CCCCN21. The number of hydrogen-bond acceptors (Lipinski definition) is 4. The van der Waals surface area contributed by atoms with Crippen LogP contribution in [-0.2, 0) is 16.1 Å². The Hall–Kier alpha value is -3.35. The van der Waals surface area contributed by atoms with E-state index in [0.29, 0.717) is 30.9 Å². The highest BCUT2D eigenvalue weighted by Crippen LogP contribution is 2.40. The number of piperidine rings is 1. The summed E-state index contributed by atoms with van der Waals surface area (Å²) in [6.07, 6.45) is 2.80. The van der Waals surface area contributed by atoms with E-state index < -0.39 is 0 Å². The molecule has 0 aromatic heterocycles. The van der Waals surface area contributed by atoms with Crippen LogP contribution in [0.5, 0.6) is 0 Å². The molecule has 33 heavy (non-hydrogen) atoms. The van der Waals surface area contributed by atoms with Crippen molar-refractivity contribution in [3.63, 3.8) is 0 Å². The fraction of sp³-hybridized carbons (Fsp3) is 0.423. The van der Waals surface area contributed by atoms with E-state index in [2.05, 4.69) is 10.2 Å². The molecule has 1 atom stereocenters. The van der Waals surface area contributed by atoms with Crippen LogP contribution in [-0.4, -0.2) is 54.8 Å². The van der Waals surface area contributed by atoms with Crippen molar-refractivity contribution in [1.29, 1.82) is 0 Å². The molecule has 1 saturated heterocycles. The molecule has 7 heteroatoms. The smallest absolute Gasteiger partial charge is 0.253 e. The third-order valence-electron chi connectivity index (χ3n) is 6.56. The molecule has 2 heterocycles. The van der Waals surface area contributed by atoms with Crippen molar-refractivity contribution in [2.45, 2.75) is 45.7 Å². The summed E-state index contributed by atoms with van der Waals surface area (Å²) in [7, 11) is 0. The second-order valence-corrected chi connectivity index (χ2v) is 8.57. The minimum Gasteiger partial charge on any atom is -0.358 e. The summed E-state index contributed by atoms with van der Waals surface area (Å²) in [5.74, 6) is -0.350. The molecule has 7 nitrogen and oxygen atoms in total. The van der Waals surface area contributed by atoms with E-state index in [0.717, 1.165) is 37.1 Å². The summed E-state index contributed by atoms with van der Waals surface area (Å²) in [6.45, 7) is 6.28. The Morgan fingerprint density at radius 1 is 1.03 bits per heavy atom. The maximum absolute atomic E-state index is 13.5. The molecule has 2 aromatic carbocycles. The van der Waals surface area contributed by atoms with E-state index in [-0.39, 0.29) is 30.3 Å². The Labute approximate surface area is 195 Å². The molecule has 1 fully saturated rings. The van der Waals surface area contributed by atoms with Crippen molar-refractivity contribution >= 4 is 29.1 Å². The lowest BCUT2D eigenvalue weighted by Crippen LogP contribution is -2.57. The Bertz CT molecular complexity index is 1020. The quantitative estimate of drug-likeness (QED) is 0.706. The van der Waals surface area contributed by atoms with Gasteiger partial charge in [0.05, 0.1) is 11.4 Å². The number of carbonyl (C=O) groups is 3. The number of nitrogens with one attached hydrogen (secondary N) is 1. The maximum Gasteiger partial charge on any atom is 0.253 e. The van der Waals surface area contributed by atoms with Gasteiger partial charge in [0.15, 0.2) is 0 Å². The first-order valence-electron chi connectivity index (χ1n) is 11.9. The zero-order valence-electron chi connectivity index (χ0n) is 19.4. The third-order valence-corrected chi connectivity index (χ3v) is 6.56. The molecule has 3 amide bonds. The van der Waals surface area contributed by atoms with E-state index in [1.165, 1.54) is 0 Å². The number of fused-ring (bicyclic) bond motifs is 3. The van der Waals surface area contributed by atoms with Gasteiger partial charge in [-0.25, -0.2) is 0 Å². The Morgan fingerprint density at radius 2 is 1.79 bits per heavy atom. The molecule has 4 rings (SSSR count). The molecule has 0 spiro atoms. The summed E-state index contributed by atoms with van der Waals surface area (Å²) >= 11 is 0. The number of hydrogen-bond donors (Lipinski definition) is 1. The first-order valence-corrected chi connectivity index (χ1v) is 11.9. The van der Waals surface area contributed by atoms with Crippen LogP contribution in [0.25, 0.3) is 0 Å². The normalized spacial score (nSPS) is 17.3. The molecule has 2 aliphatic rings. The van der Waals surface area contributed by atoms with Crippen LogP contribution in [0.3, 0.4) is 0 Å². The summed E-state index contributed by atoms with van der Waals surface area (Å²) in [4.78, 5) is 44.7. The van der Waals surface area contributed by atoms with Crippen molar-refractivity contribution in [2.75, 3.05) is 36.0 Å². The molecule has 0 aliphatic carbocycles. The molecule has 1 N–H and O–H groups in total. The number of nitrogens with zero attached hydrogens (tertiary/aromatic N) is 3. The highest BCUT2D eigenvalue weighted by atomic mass is 16.2. The van der Waals surface area contributed by atoms with Gasteiger partial charge >= 0.3 is 0 Å². The monoisotopic (exact) mass is 448 g/mol. The van der Waals surface area contributed by atoms with Crippen LogP contribution < -0.4 is 15.1 Å². The summed E-state index contributed by atoms with van der Waals surface area (Å²) < 4.78 is 0. The second kappa shape index (κ2) is 10.1. The molecule has 174 valence electrons. The lowest BCUT2D eigenvalue weighted by atomic mass is 9.95. The maximum atomic E-state index is 13.5. The standard InChI is InChI=1S/C26H32N4O3/c1-3-28(4-2)25(32)20-13-14-21-23(16-20)30(26(33)22-12-8-9-15-29(21)22)18-24(31)27-17-19-10-6-5-7-11-19/h5-7,10-11,13-14,16,22H,3-4,8-9,12,15,17-18H2,1-2H3,(H,27,31)/t22-/m1/s1. The van der Waals surface area contributed by atoms with Crippen LogP contribution in [0.1, 0.15) is 49.0 Å². The minimum atomic E-state index is -0.252. The van der Waals surface area contributed by atoms with Crippen molar-refractivity contribution in [3.8, 4) is 0 Å². The highest BCUT2D eigenvalue weighted by molar-refractivity contribution is 6.09. The molecule has 0 unspecified atom stereocenters. The van der Waals surface area contributed by atoms with Crippen LogP contribution >= 0.6 is 0 Å². The van der Waals surface area contributed by atoms with E-state index in [1.807, 2.05) is 56.3 Å². The third kappa shape index (κ3) is 4.72. The minimum absolute atomic E-state index is 0.0636. The Balaban J connectivity index is 1.61. The van der Waals surface area contributed by atoms with E-state index in [4.69, 9.17) is 0 Å². The molecular formula is C26H32N4O3. The van der Waals surface area contributed by atoms with Gasteiger partial charge in [-0.15, -0.1) is 0 Å². The topological polar surface area (TPSA) is 73.0 Å². The van der Waals surface area contributed by atoms with E-state index in [1.54, 1.807) is 15.9 Å².